The highest BCUT2D eigenvalue weighted by Gasteiger charge is 2.08. The summed E-state index contributed by atoms with van der Waals surface area (Å²) in [6, 6.07) is 13.5. The second kappa shape index (κ2) is 6.31. The van der Waals surface area contributed by atoms with Crippen molar-refractivity contribution in [2.75, 3.05) is 0 Å². The summed E-state index contributed by atoms with van der Waals surface area (Å²) in [6.07, 6.45) is 0. The number of ether oxygens (including phenoxy) is 1. The maximum atomic E-state index is 6.13. The Morgan fingerprint density at radius 3 is 2.53 bits per heavy atom. The number of benzene rings is 2. The van der Waals surface area contributed by atoms with Crippen molar-refractivity contribution in [1.82, 2.24) is 0 Å². The van der Waals surface area contributed by atoms with Gasteiger partial charge in [0.15, 0.2) is 0 Å². The Balaban J connectivity index is 2.17. The molecule has 100 valence electrons. The molecule has 0 bridgehead atoms. The van der Waals surface area contributed by atoms with Gasteiger partial charge in [-0.05, 0) is 35.7 Å². The minimum Gasteiger partial charge on any atom is -0.489 e. The van der Waals surface area contributed by atoms with Crippen LogP contribution in [0.15, 0.2) is 42.5 Å². The second-order valence-corrected chi connectivity index (χ2v) is 5.56. The second-order valence-electron chi connectivity index (χ2n) is 4.72. The maximum Gasteiger partial charge on any atom is 0.123 e. The molecular formula is C16H16Cl2O. The third kappa shape index (κ3) is 3.65. The van der Waals surface area contributed by atoms with Gasteiger partial charge in [-0.1, -0.05) is 55.2 Å². The third-order valence-corrected chi connectivity index (χ3v) is 3.54. The average Bonchev–Trinajstić information content (AvgIpc) is 2.40. The summed E-state index contributed by atoms with van der Waals surface area (Å²) < 4.78 is 5.88. The SMILES string of the molecule is CC(C)c1ccccc1OCc1cc(Cl)ccc1Cl. The Morgan fingerprint density at radius 2 is 1.79 bits per heavy atom. The van der Waals surface area contributed by atoms with E-state index in [4.69, 9.17) is 27.9 Å². The first-order chi connectivity index (χ1) is 9.08. The smallest absolute Gasteiger partial charge is 0.123 e. The van der Waals surface area contributed by atoms with Crippen LogP contribution in [0.25, 0.3) is 0 Å². The monoisotopic (exact) mass is 294 g/mol. The number of para-hydroxylation sites is 1. The summed E-state index contributed by atoms with van der Waals surface area (Å²) in [5, 5.41) is 1.34. The van der Waals surface area contributed by atoms with E-state index in [-0.39, 0.29) is 0 Å². The zero-order chi connectivity index (χ0) is 13.8. The molecule has 0 unspecified atom stereocenters. The molecule has 0 radical (unpaired) electrons. The predicted molar refractivity (Wildman–Crippen MR) is 81.3 cm³/mol. The van der Waals surface area contributed by atoms with Gasteiger partial charge in [-0.15, -0.1) is 0 Å². The summed E-state index contributed by atoms with van der Waals surface area (Å²) in [4.78, 5) is 0. The van der Waals surface area contributed by atoms with E-state index in [1.165, 1.54) is 5.56 Å². The molecule has 0 amide bonds. The van der Waals surface area contributed by atoms with E-state index in [2.05, 4.69) is 19.9 Å². The summed E-state index contributed by atoms with van der Waals surface area (Å²) in [5.41, 5.74) is 2.09. The Kier molecular flexibility index (Phi) is 4.73. The van der Waals surface area contributed by atoms with Crippen LogP contribution in [0, 0.1) is 0 Å². The van der Waals surface area contributed by atoms with Crippen LogP contribution in [0.5, 0.6) is 5.75 Å². The van der Waals surface area contributed by atoms with Crippen molar-refractivity contribution in [1.29, 1.82) is 0 Å². The minimum absolute atomic E-state index is 0.420. The normalized spacial score (nSPS) is 10.8. The van der Waals surface area contributed by atoms with Crippen LogP contribution in [-0.4, -0.2) is 0 Å². The summed E-state index contributed by atoms with van der Waals surface area (Å²) in [5.74, 6) is 1.32. The summed E-state index contributed by atoms with van der Waals surface area (Å²) >= 11 is 12.1. The fourth-order valence-corrected chi connectivity index (χ4v) is 2.27. The van der Waals surface area contributed by atoms with E-state index < -0.39 is 0 Å². The summed E-state index contributed by atoms with van der Waals surface area (Å²) in [6.45, 7) is 4.71. The van der Waals surface area contributed by atoms with Gasteiger partial charge in [-0.3, -0.25) is 0 Å². The number of rotatable bonds is 4. The van der Waals surface area contributed by atoms with E-state index in [1.54, 1.807) is 12.1 Å². The molecule has 2 aromatic rings. The van der Waals surface area contributed by atoms with Crippen LogP contribution in [0.3, 0.4) is 0 Å². The van der Waals surface area contributed by atoms with Gasteiger partial charge in [-0.2, -0.15) is 0 Å². The molecule has 0 N–H and O–H groups in total. The van der Waals surface area contributed by atoms with Gasteiger partial charge in [0.2, 0.25) is 0 Å². The Morgan fingerprint density at radius 1 is 1.05 bits per heavy atom. The lowest BCUT2D eigenvalue weighted by atomic mass is 10.0. The molecular weight excluding hydrogens is 279 g/mol. The first-order valence-corrected chi connectivity index (χ1v) is 6.99. The Labute approximate surface area is 124 Å². The molecule has 0 atom stereocenters. The molecule has 0 aliphatic carbocycles. The van der Waals surface area contributed by atoms with E-state index >= 15 is 0 Å². The molecule has 2 rings (SSSR count). The molecule has 0 heterocycles. The minimum atomic E-state index is 0.420. The van der Waals surface area contributed by atoms with Gasteiger partial charge in [0, 0.05) is 15.6 Å². The van der Waals surface area contributed by atoms with Crippen LogP contribution in [0.2, 0.25) is 10.0 Å². The quantitative estimate of drug-likeness (QED) is 0.703. The molecule has 1 nitrogen and oxygen atoms in total. The van der Waals surface area contributed by atoms with Gasteiger partial charge in [0.05, 0.1) is 0 Å². The van der Waals surface area contributed by atoms with E-state index in [9.17, 15) is 0 Å². The first kappa shape index (κ1) is 14.2. The van der Waals surface area contributed by atoms with Crippen LogP contribution in [0.4, 0.5) is 0 Å². The number of halogens is 2. The molecule has 0 fully saturated rings. The lowest BCUT2D eigenvalue weighted by Crippen LogP contribution is -2.00. The Hall–Kier alpha value is -1.18. The van der Waals surface area contributed by atoms with Crippen molar-refractivity contribution < 1.29 is 4.74 Å². The molecule has 0 aliphatic rings. The molecule has 2 aromatic carbocycles. The van der Waals surface area contributed by atoms with Crippen molar-refractivity contribution >= 4 is 23.2 Å². The number of hydrogen-bond donors (Lipinski definition) is 0. The molecule has 19 heavy (non-hydrogen) atoms. The zero-order valence-corrected chi connectivity index (χ0v) is 12.5. The maximum absolute atomic E-state index is 6.13. The van der Waals surface area contributed by atoms with Crippen LogP contribution >= 0.6 is 23.2 Å². The highest BCUT2D eigenvalue weighted by molar-refractivity contribution is 6.33. The molecule has 0 aromatic heterocycles. The Bertz CT molecular complexity index is 564. The third-order valence-electron chi connectivity index (χ3n) is 2.93. The van der Waals surface area contributed by atoms with E-state index in [1.807, 2.05) is 24.3 Å². The lowest BCUT2D eigenvalue weighted by molar-refractivity contribution is 0.302. The fraction of sp³-hybridized carbons (Fsp3) is 0.250. The topological polar surface area (TPSA) is 9.23 Å². The van der Waals surface area contributed by atoms with Crippen molar-refractivity contribution in [3.05, 3.63) is 63.6 Å². The largest absolute Gasteiger partial charge is 0.489 e. The van der Waals surface area contributed by atoms with Gasteiger partial charge < -0.3 is 4.74 Å². The molecule has 0 saturated heterocycles. The molecule has 0 spiro atoms. The average molecular weight is 295 g/mol. The number of hydrogen-bond acceptors (Lipinski definition) is 1. The van der Waals surface area contributed by atoms with E-state index in [0.29, 0.717) is 22.6 Å². The first-order valence-electron chi connectivity index (χ1n) is 6.23. The van der Waals surface area contributed by atoms with Crippen molar-refractivity contribution in [2.24, 2.45) is 0 Å². The highest BCUT2D eigenvalue weighted by atomic mass is 35.5. The van der Waals surface area contributed by atoms with Gasteiger partial charge in [-0.25, -0.2) is 0 Å². The molecule has 0 saturated carbocycles. The van der Waals surface area contributed by atoms with E-state index in [0.717, 1.165) is 11.3 Å². The zero-order valence-electron chi connectivity index (χ0n) is 11.0. The van der Waals surface area contributed by atoms with Crippen LogP contribution in [0.1, 0.15) is 30.9 Å². The van der Waals surface area contributed by atoms with Gasteiger partial charge in [0.1, 0.15) is 12.4 Å². The van der Waals surface area contributed by atoms with Crippen molar-refractivity contribution in [2.45, 2.75) is 26.4 Å². The van der Waals surface area contributed by atoms with Gasteiger partial charge >= 0.3 is 0 Å². The molecule has 3 heteroatoms. The van der Waals surface area contributed by atoms with Crippen molar-refractivity contribution in [3.8, 4) is 5.75 Å². The highest BCUT2D eigenvalue weighted by Crippen LogP contribution is 2.28. The standard InChI is InChI=1S/C16H16Cl2O/c1-11(2)14-5-3-4-6-16(14)19-10-12-9-13(17)7-8-15(12)18/h3-9,11H,10H2,1-2H3. The van der Waals surface area contributed by atoms with Crippen LogP contribution in [-0.2, 0) is 6.61 Å². The fourth-order valence-electron chi connectivity index (χ4n) is 1.90. The summed E-state index contributed by atoms with van der Waals surface area (Å²) in [7, 11) is 0. The van der Waals surface area contributed by atoms with Gasteiger partial charge in [0.25, 0.3) is 0 Å². The lowest BCUT2D eigenvalue weighted by Gasteiger charge is -2.14. The van der Waals surface area contributed by atoms with Crippen LogP contribution < -0.4 is 4.74 Å². The van der Waals surface area contributed by atoms with Crippen molar-refractivity contribution in [3.63, 3.8) is 0 Å². The predicted octanol–water partition coefficient (Wildman–Crippen LogP) is 5.70. The molecule has 0 aliphatic heterocycles.